The Balaban J connectivity index is 1.48. The number of aromatic nitrogens is 2. The van der Waals surface area contributed by atoms with E-state index < -0.39 is 0 Å². The maximum Gasteiger partial charge on any atom is 0.221 e. The molecule has 3 aromatic carbocycles. The molecule has 4 nitrogen and oxygen atoms in total. The SMILES string of the molecule is Cn1c2c(c3ccccc31)C(CC(=O)NCc1ccccc1)c1c-2n(C)c2ccccc12. The highest BCUT2D eigenvalue weighted by atomic mass is 16.1. The van der Waals surface area contributed by atoms with Crippen molar-refractivity contribution in [3.63, 3.8) is 0 Å². The van der Waals surface area contributed by atoms with Gasteiger partial charge in [0.05, 0.1) is 11.4 Å². The molecule has 0 saturated carbocycles. The van der Waals surface area contributed by atoms with Gasteiger partial charge in [0.1, 0.15) is 0 Å². The van der Waals surface area contributed by atoms with Crippen molar-refractivity contribution in [3.8, 4) is 11.4 Å². The molecule has 0 aliphatic heterocycles. The molecule has 0 spiro atoms. The van der Waals surface area contributed by atoms with Crippen molar-refractivity contribution in [1.82, 2.24) is 14.5 Å². The first-order valence-corrected chi connectivity index (χ1v) is 11.1. The van der Waals surface area contributed by atoms with Crippen LogP contribution in [0.15, 0.2) is 78.9 Å². The maximum absolute atomic E-state index is 13.2. The van der Waals surface area contributed by atoms with Crippen molar-refractivity contribution >= 4 is 27.7 Å². The average molecular weight is 420 g/mol. The number of amides is 1. The zero-order valence-electron chi connectivity index (χ0n) is 18.3. The van der Waals surface area contributed by atoms with Gasteiger partial charge in [-0.3, -0.25) is 4.79 Å². The largest absolute Gasteiger partial charge is 0.352 e. The third-order valence-corrected chi connectivity index (χ3v) is 6.94. The van der Waals surface area contributed by atoms with E-state index in [9.17, 15) is 4.79 Å². The minimum absolute atomic E-state index is 0.0352. The Hall–Kier alpha value is -3.79. The van der Waals surface area contributed by atoms with E-state index in [0.29, 0.717) is 13.0 Å². The van der Waals surface area contributed by atoms with Crippen molar-refractivity contribution in [3.05, 3.63) is 95.6 Å². The molecule has 1 aliphatic carbocycles. The molecule has 1 aliphatic rings. The van der Waals surface area contributed by atoms with Crippen molar-refractivity contribution in [2.75, 3.05) is 0 Å². The molecule has 6 rings (SSSR count). The summed E-state index contributed by atoms with van der Waals surface area (Å²) >= 11 is 0. The van der Waals surface area contributed by atoms with Crippen LogP contribution in [0.5, 0.6) is 0 Å². The van der Waals surface area contributed by atoms with Gasteiger partial charge in [0.2, 0.25) is 5.91 Å². The highest BCUT2D eigenvalue weighted by Gasteiger charge is 2.39. The smallest absolute Gasteiger partial charge is 0.221 e. The normalized spacial score (nSPS) is 12.9. The van der Waals surface area contributed by atoms with Crippen molar-refractivity contribution in [1.29, 1.82) is 0 Å². The van der Waals surface area contributed by atoms with Gasteiger partial charge in [0, 0.05) is 54.8 Å². The number of benzene rings is 3. The first kappa shape index (κ1) is 18.9. The monoisotopic (exact) mass is 419 g/mol. The lowest BCUT2D eigenvalue weighted by Crippen LogP contribution is -2.24. The summed E-state index contributed by atoms with van der Waals surface area (Å²) < 4.78 is 4.59. The van der Waals surface area contributed by atoms with Crippen LogP contribution in [0, 0.1) is 0 Å². The lowest BCUT2D eigenvalue weighted by molar-refractivity contribution is -0.121. The molecule has 1 N–H and O–H groups in total. The lowest BCUT2D eigenvalue weighted by atomic mass is 9.91. The van der Waals surface area contributed by atoms with Crippen LogP contribution in [-0.2, 0) is 25.4 Å². The van der Waals surface area contributed by atoms with Crippen molar-refractivity contribution in [2.45, 2.75) is 18.9 Å². The fraction of sp³-hybridized carbons (Fsp3) is 0.179. The molecule has 1 amide bonds. The molecule has 0 atom stereocenters. The van der Waals surface area contributed by atoms with Gasteiger partial charge in [0.15, 0.2) is 0 Å². The second-order valence-corrected chi connectivity index (χ2v) is 8.70. The molecule has 158 valence electrons. The summed E-state index contributed by atoms with van der Waals surface area (Å²) in [5, 5.41) is 5.63. The van der Waals surface area contributed by atoms with Gasteiger partial charge < -0.3 is 14.5 Å². The van der Waals surface area contributed by atoms with Crippen LogP contribution in [0.3, 0.4) is 0 Å². The highest BCUT2D eigenvalue weighted by molar-refractivity contribution is 6.03. The predicted octanol–water partition coefficient (Wildman–Crippen LogP) is 5.49. The number of para-hydroxylation sites is 2. The van der Waals surface area contributed by atoms with Crippen LogP contribution in [0.25, 0.3) is 33.2 Å². The topological polar surface area (TPSA) is 39.0 Å². The third-order valence-electron chi connectivity index (χ3n) is 6.94. The summed E-state index contributed by atoms with van der Waals surface area (Å²) in [6, 6.07) is 27.2. The summed E-state index contributed by atoms with van der Waals surface area (Å²) in [5.74, 6) is 0.117. The number of nitrogens with one attached hydrogen (secondary N) is 1. The fourth-order valence-corrected chi connectivity index (χ4v) is 5.53. The molecule has 0 fully saturated rings. The van der Waals surface area contributed by atoms with Crippen LogP contribution in [0.4, 0.5) is 0 Å². The van der Waals surface area contributed by atoms with Gasteiger partial charge in [-0.2, -0.15) is 0 Å². The Labute approximate surface area is 187 Å². The molecular weight excluding hydrogens is 394 g/mol. The van der Waals surface area contributed by atoms with E-state index in [1.807, 2.05) is 30.3 Å². The molecule has 0 saturated heterocycles. The average Bonchev–Trinajstić information content (AvgIpc) is 3.41. The molecule has 0 unspecified atom stereocenters. The number of fused-ring (bicyclic) bond motifs is 7. The molecule has 0 radical (unpaired) electrons. The summed E-state index contributed by atoms with van der Waals surface area (Å²) in [4.78, 5) is 13.2. The van der Waals surface area contributed by atoms with Gasteiger partial charge >= 0.3 is 0 Å². The number of carbonyl (C=O) groups excluding carboxylic acids is 1. The number of carbonyl (C=O) groups is 1. The van der Waals surface area contributed by atoms with Crippen LogP contribution >= 0.6 is 0 Å². The Morgan fingerprint density at radius 2 is 1.25 bits per heavy atom. The summed E-state index contributed by atoms with van der Waals surface area (Å²) in [6.07, 6.45) is 0.439. The van der Waals surface area contributed by atoms with E-state index in [1.54, 1.807) is 0 Å². The number of rotatable bonds is 4. The summed E-state index contributed by atoms with van der Waals surface area (Å²) in [7, 11) is 4.28. The minimum Gasteiger partial charge on any atom is -0.352 e. The third kappa shape index (κ3) is 2.65. The van der Waals surface area contributed by atoms with Crippen molar-refractivity contribution in [2.24, 2.45) is 14.1 Å². The number of nitrogens with zero attached hydrogens (tertiary/aromatic N) is 2. The fourth-order valence-electron chi connectivity index (χ4n) is 5.53. The Morgan fingerprint density at radius 3 is 1.81 bits per heavy atom. The van der Waals surface area contributed by atoms with Crippen molar-refractivity contribution < 1.29 is 4.79 Å². The van der Waals surface area contributed by atoms with Gasteiger partial charge in [-0.1, -0.05) is 66.7 Å². The molecule has 0 bridgehead atoms. The van der Waals surface area contributed by atoms with Crippen LogP contribution in [0.2, 0.25) is 0 Å². The van der Waals surface area contributed by atoms with E-state index in [4.69, 9.17) is 0 Å². The van der Waals surface area contributed by atoms with Crippen LogP contribution in [0.1, 0.15) is 29.0 Å². The first-order chi connectivity index (χ1) is 15.6. The van der Waals surface area contributed by atoms with Crippen LogP contribution < -0.4 is 5.32 Å². The zero-order chi connectivity index (χ0) is 21.8. The molecule has 2 heterocycles. The first-order valence-electron chi connectivity index (χ1n) is 11.1. The standard InChI is InChI=1S/C28H25N3O/c1-30-22-14-8-6-12-19(22)25-21(16-24(32)29-17-18-10-4-3-5-11-18)26-20-13-7-9-15-23(20)31(2)28(26)27(25)30/h3-15,21H,16-17H2,1-2H3,(H,29,32). The Morgan fingerprint density at radius 1 is 0.750 bits per heavy atom. The second-order valence-electron chi connectivity index (χ2n) is 8.70. The minimum atomic E-state index is 0.0352. The molecule has 32 heavy (non-hydrogen) atoms. The summed E-state index contributed by atoms with van der Waals surface area (Å²) in [6.45, 7) is 0.553. The van der Waals surface area contributed by atoms with Crippen LogP contribution in [-0.4, -0.2) is 15.0 Å². The van der Waals surface area contributed by atoms with Gasteiger partial charge in [-0.05, 0) is 28.8 Å². The Kier molecular flexibility index (Phi) is 4.22. The quantitative estimate of drug-likeness (QED) is 0.411. The molecular formula is C28H25N3O. The molecule has 5 aromatic rings. The van der Waals surface area contributed by atoms with Gasteiger partial charge in [0.25, 0.3) is 0 Å². The van der Waals surface area contributed by atoms with E-state index in [0.717, 1.165) is 5.56 Å². The number of aryl methyl sites for hydroxylation is 2. The summed E-state index contributed by atoms with van der Waals surface area (Å²) in [5.41, 5.74) is 8.57. The molecule has 2 aromatic heterocycles. The highest BCUT2D eigenvalue weighted by Crippen LogP contribution is 2.53. The Bertz CT molecular complexity index is 1400. The molecule has 4 heteroatoms. The zero-order valence-corrected chi connectivity index (χ0v) is 18.3. The van der Waals surface area contributed by atoms with E-state index in [1.165, 1.54) is 44.3 Å². The van der Waals surface area contributed by atoms with E-state index in [2.05, 4.69) is 77.1 Å². The van der Waals surface area contributed by atoms with E-state index >= 15 is 0 Å². The predicted molar refractivity (Wildman–Crippen MR) is 130 cm³/mol. The lowest BCUT2D eigenvalue weighted by Gasteiger charge is -2.14. The second kappa shape index (κ2) is 7.13. The van der Waals surface area contributed by atoms with E-state index in [-0.39, 0.29) is 11.8 Å². The number of hydrogen-bond donors (Lipinski definition) is 1. The van der Waals surface area contributed by atoms with Gasteiger partial charge in [-0.25, -0.2) is 0 Å². The number of hydrogen-bond acceptors (Lipinski definition) is 1. The maximum atomic E-state index is 13.2. The van der Waals surface area contributed by atoms with Gasteiger partial charge in [-0.15, -0.1) is 0 Å².